The van der Waals surface area contributed by atoms with Crippen molar-refractivity contribution in [3.8, 4) is 0 Å². The van der Waals surface area contributed by atoms with E-state index in [1.54, 1.807) is 0 Å². The molecular formula is C14H24N2. The Hall–Kier alpha value is -0.890. The Balaban J connectivity index is 2.64. The molecule has 0 aromatic carbocycles. The number of nitrogens with one attached hydrogen (secondary N) is 1. The summed E-state index contributed by atoms with van der Waals surface area (Å²) < 4.78 is 0. The summed E-state index contributed by atoms with van der Waals surface area (Å²) in [6.07, 6.45) is 4.14. The number of hydrogen-bond acceptors (Lipinski definition) is 2. The molecule has 0 amide bonds. The van der Waals surface area contributed by atoms with Crippen LogP contribution in [0.3, 0.4) is 0 Å². The van der Waals surface area contributed by atoms with E-state index in [-0.39, 0.29) is 0 Å². The Morgan fingerprint density at radius 1 is 1.38 bits per heavy atom. The second-order valence-corrected chi connectivity index (χ2v) is 4.86. The summed E-state index contributed by atoms with van der Waals surface area (Å²) in [6.45, 7) is 9.88. The number of aryl methyl sites for hydroxylation is 1. The van der Waals surface area contributed by atoms with Gasteiger partial charge in [0, 0.05) is 24.4 Å². The maximum absolute atomic E-state index is 4.47. The molecule has 1 rings (SSSR count). The second kappa shape index (κ2) is 6.64. The van der Waals surface area contributed by atoms with Crippen molar-refractivity contribution < 1.29 is 0 Å². The van der Waals surface area contributed by atoms with Crippen molar-refractivity contribution in [2.24, 2.45) is 5.92 Å². The molecule has 1 heterocycles. The zero-order chi connectivity index (χ0) is 12.0. The lowest BCUT2D eigenvalue weighted by Gasteiger charge is -2.20. The van der Waals surface area contributed by atoms with Crippen LogP contribution in [0.4, 0.5) is 0 Å². The van der Waals surface area contributed by atoms with Gasteiger partial charge in [0.25, 0.3) is 0 Å². The van der Waals surface area contributed by atoms with Crippen LogP contribution < -0.4 is 5.32 Å². The minimum absolute atomic E-state index is 0.554. The third-order valence-electron chi connectivity index (χ3n) is 2.81. The van der Waals surface area contributed by atoms with Crippen molar-refractivity contribution >= 4 is 0 Å². The molecule has 0 aliphatic rings. The van der Waals surface area contributed by atoms with E-state index in [0.717, 1.165) is 18.9 Å². The Kier molecular flexibility index (Phi) is 5.47. The van der Waals surface area contributed by atoms with Crippen LogP contribution in [0, 0.1) is 12.8 Å². The van der Waals surface area contributed by atoms with Crippen molar-refractivity contribution in [2.75, 3.05) is 6.54 Å². The molecule has 1 aromatic rings. The topological polar surface area (TPSA) is 24.9 Å². The number of pyridine rings is 1. The largest absolute Gasteiger partial charge is 0.314 e. The van der Waals surface area contributed by atoms with Gasteiger partial charge >= 0.3 is 0 Å². The number of likely N-dealkylation sites (N-methyl/N-ethyl adjacent to an activating group) is 1. The van der Waals surface area contributed by atoms with Crippen LogP contribution in [-0.2, 0) is 6.42 Å². The summed E-state index contributed by atoms with van der Waals surface area (Å²) in [7, 11) is 0. The molecule has 1 unspecified atom stereocenters. The van der Waals surface area contributed by atoms with Crippen LogP contribution in [0.5, 0.6) is 0 Å². The van der Waals surface area contributed by atoms with Crippen LogP contribution in [-0.4, -0.2) is 17.6 Å². The number of hydrogen-bond donors (Lipinski definition) is 1. The zero-order valence-corrected chi connectivity index (χ0v) is 11.0. The van der Waals surface area contributed by atoms with Gasteiger partial charge in [0.2, 0.25) is 0 Å². The van der Waals surface area contributed by atoms with Crippen LogP contribution >= 0.6 is 0 Å². The number of rotatable bonds is 6. The standard InChI is InChI=1S/C14H24N2/c1-5-15-13(9-11(2)3)10-14-12(4)7-6-8-16-14/h6-8,11,13,15H,5,9-10H2,1-4H3. The van der Waals surface area contributed by atoms with Gasteiger partial charge in [-0.05, 0) is 37.4 Å². The summed E-state index contributed by atoms with van der Waals surface area (Å²) in [5, 5.41) is 3.55. The first kappa shape index (κ1) is 13.2. The summed E-state index contributed by atoms with van der Waals surface area (Å²) in [4.78, 5) is 4.47. The molecule has 2 heteroatoms. The molecule has 2 nitrogen and oxygen atoms in total. The van der Waals surface area contributed by atoms with E-state index in [1.807, 2.05) is 12.3 Å². The van der Waals surface area contributed by atoms with Gasteiger partial charge in [0.1, 0.15) is 0 Å². The molecule has 0 saturated heterocycles. The maximum atomic E-state index is 4.47. The third kappa shape index (κ3) is 4.31. The highest BCUT2D eigenvalue weighted by atomic mass is 14.9. The first-order valence-electron chi connectivity index (χ1n) is 6.27. The molecule has 0 saturated carbocycles. The lowest BCUT2D eigenvalue weighted by atomic mass is 9.98. The van der Waals surface area contributed by atoms with E-state index < -0.39 is 0 Å². The van der Waals surface area contributed by atoms with Gasteiger partial charge in [-0.1, -0.05) is 26.8 Å². The second-order valence-electron chi connectivity index (χ2n) is 4.86. The predicted molar refractivity (Wildman–Crippen MR) is 69.6 cm³/mol. The molecule has 0 aliphatic carbocycles. The van der Waals surface area contributed by atoms with Crippen LogP contribution in [0.2, 0.25) is 0 Å². The van der Waals surface area contributed by atoms with E-state index >= 15 is 0 Å². The molecule has 1 atom stereocenters. The zero-order valence-electron chi connectivity index (χ0n) is 11.0. The highest BCUT2D eigenvalue weighted by Crippen LogP contribution is 2.12. The van der Waals surface area contributed by atoms with Crippen LogP contribution in [0.15, 0.2) is 18.3 Å². The van der Waals surface area contributed by atoms with Gasteiger partial charge in [-0.25, -0.2) is 0 Å². The Morgan fingerprint density at radius 2 is 2.12 bits per heavy atom. The van der Waals surface area contributed by atoms with E-state index in [0.29, 0.717) is 6.04 Å². The quantitative estimate of drug-likeness (QED) is 0.797. The van der Waals surface area contributed by atoms with Crippen LogP contribution in [0.25, 0.3) is 0 Å². The lowest BCUT2D eigenvalue weighted by Crippen LogP contribution is -2.32. The molecule has 16 heavy (non-hydrogen) atoms. The average Bonchev–Trinajstić information content (AvgIpc) is 2.21. The Bertz CT molecular complexity index is 307. The fourth-order valence-electron chi connectivity index (χ4n) is 2.06. The summed E-state index contributed by atoms with van der Waals surface area (Å²) in [5.41, 5.74) is 2.53. The molecular weight excluding hydrogens is 196 g/mol. The fraction of sp³-hybridized carbons (Fsp3) is 0.643. The highest BCUT2D eigenvalue weighted by Gasteiger charge is 2.12. The SMILES string of the molecule is CCNC(Cc1ncccc1C)CC(C)C. The molecule has 0 radical (unpaired) electrons. The van der Waals surface area contributed by atoms with Gasteiger partial charge in [-0.15, -0.1) is 0 Å². The Morgan fingerprint density at radius 3 is 2.69 bits per heavy atom. The minimum atomic E-state index is 0.554. The molecule has 0 bridgehead atoms. The van der Waals surface area contributed by atoms with E-state index in [1.165, 1.54) is 17.7 Å². The molecule has 0 spiro atoms. The lowest BCUT2D eigenvalue weighted by molar-refractivity contribution is 0.420. The Labute approximate surface area is 99.5 Å². The summed E-state index contributed by atoms with van der Waals surface area (Å²) in [5.74, 6) is 0.730. The summed E-state index contributed by atoms with van der Waals surface area (Å²) >= 11 is 0. The maximum Gasteiger partial charge on any atom is 0.0448 e. The van der Waals surface area contributed by atoms with Crippen molar-refractivity contribution in [3.05, 3.63) is 29.6 Å². The van der Waals surface area contributed by atoms with E-state index in [9.17, 15) is 0 Å². The molecule has 1 N–H and O–H groups in total. The first-order valence-corrected chi connectivity index (χ1v) is 6.27. The van der Waals surface area contributed by atoms with Gasteiger partial charge in [0.15, 0.2) is 0 Å². The number of aromatic nitrogens is 1. The number of nitrogens with zero attached hydrogens (tertiary/aromatic N) is 1. The third-order valence-corrected chi connectivity index (χ3v) is 2.81. The average molecular weight is 220 g/mol. The molecule has 1 aromatic heterocycles. The van der Waals surface area contributed by atoms with Crippen molar-refractivity contribution in [2.45, 2.75) is 46.6 Å². The molecule has 0 fully saturated rings. The van der Waals surface area contributed by atoms with Crippen molar-refractivity contribution in [1.82, 2.24) is 10.3 Å². The minimum Gasteiger partial charge on any atom is -0.314 e. The highest BCUT2D eigenvalue weighted by molar-refractivity contribution is 5.18. The fourth-order valence-corrected chi connectivity index (χ4v) is 2.06. The van der Waals surface area contributed by atoms with Crippen LogP contribution in [0.1, 0.15) is 38.4 Å². The monoisotopic (exact) mass is 220 g/mol. The molecule has 0 aliphatic heterocycles. The van der Waals surface area contributed by atoms with E-state index in [2.05, 4.69) is 44.1 Å². The smallest absolute Gasteiger partial charge is 0.0448 e. The van der Waals surface area contributed by atoms with Gasteiger partial charge in [0.05, 0.1) is 0 Å². The molecule has 90 valence electrons. The van der Waals surface area contributed by atoms with Gasteiger partial charge in [-0.2, -0.15) is 0 Å². The van der Waals surface area contributed by atoms with Crippen molar-refractivity contribution in [3.63, 3.8) is 0 Å². The first-order chi connectivity index (χ1) is 7.63. The van der Waals surface area contributed by atoms with Gasteiger partial charge < -0.3 is 5.32 Å². The van der Waals surface area contributed by atoms with Crippen molar-refractivity contribution in [1.29, 1.82) is 0 Å². The van der Waals surface area contributed by atoms with Gasteiger partial charge in [-0.3, -0.25) is 4.98 Å². The normalized spacial score (nSPS) is 13.1. The summed E-state index contributed by atoms with van der Waals surface area (Å²) in [6, 6.07) is 4.70. The predicted octanol–water partition coefficient (Wildman–Crippen LogP) is 2.96. The van der Waals surface area contributed by atoms with E-state index in [4.69, 9.17) is 0 Å².